The molecule has 0 aliphatic heterocycles. The highest BCUT2D eigenvalue weighted by atomic mass is 35.5. The first-order valence-electron chi connectivity index (χ1n) is 2.81. The molecule has 1 heterocycles. The van der Waals surface area contributed by atoms with Gasteiger partial charge in [-0.25, -0.2) is 4.98 Å². The number of alkyl halides is 1. The van der Waals surface area contributed by atoms with E-state index in [-0.39, 0.29) is 24.1 Å². The molecule has 0 bridgehead atoms. The van der Waals surface area contributed by atoms with E-state index in [0.717, 1.165) is 0 Å². The van der Waals surface area contributed by atoms with Gasteiger partial charge in [0.05, 0.1) is 15.9 Å². The molecule has 1 aromatic rings. The molecule has 2 nitrogen and oxygen atoms in total. The number of halogens is 4. The third kappa shape index (κ3) is 2.30. The van der Waals surface area contributed by atoms with E-state index in [9.17, 15) is 0 Å². The smallest absolute Gasteiger partial charge is 0.142 e. The van der Waals surface area contributed by atoms with Crippen LogP contribution in [0, 0.1) is 0 Å². The van der Waals surface area contributed by atoms with Gasteiger partial charge < -0.3 is 5.73 Å². The molecule has 2 N–H and O–H groups in total. The van der Waals surface area contributed by atoms with Gasteiger partial charge in [-0.1, -0.05) is 23.2 Å². The normalized spacial score (nSPS) is 9.25. The number of nitrogens with two attached hydrogens (primary N) is 1. The number of nitrogen functional groups attached to an aromatic ring is 1. The molecule has 68 valence electrons. The summed E-state index contributed by atoms with van der Waals surface area (Å²) in [4.78, 5) is 3.74. The summed E-state index contributed by atoms with van der Waals surface area (Å²) in [6.07, 6.45) is 1.43. The van der Waals surface area contributed by atoms with E-state index in [0.29, 0.717) is 15.6 Å². The number of hydrogen-bond acceptors (Lipinski definition) is 2. The summed E-state index contributed by atoms with van der Waals surface area (Å²) in [6.45, 7) is 0. The van der Waals surface area contributed by atoms with Crippen LogP contribution in [0.4, 0.5) is 5.82 Å². The fourth-order valence-corrected chi connectivity index (χ4v) is 1.53. The highest BCUT2D eigenvalue weighted by Gasteiger charge is 2.07. The third-order valence-corrected chi connectivity index (χ3v) is 2.24. The monoisotopic (exact) mass is 246 g/mol. The number of anilines is 1. The molecular formula is C6H6Cl4N2. The molecule has 1 rings (SSSR count). The molecule has 1 aromatic heterocycles. The zero-order valence-corrected chi connectivity index (χ0v) is 8.94. The van der Waals surface area contributed by atoms with E-state index in [1.807, 2.05) is 0 Å². The molecule has 0 aliphatic carbocycles. The Kier molecular flexibility index (Phi) is 5.02. The van der Waals surface area contributed by atoms with Crippen molar-refractivity contribution in [1.29, 1.82) is 0 Å². The largest absolute Gasteiger partial charge is 0.382 e. The van der Waals surface area contributed by atoms with Crippen LogP contribution in [0.1, 0.15) is 5.56 Å². The van der Waals surface area contributed by atoms with Crippen LogP contribution >= 0.6 is 47.2 Å². The molecule has 0 aromatic carbocycles. The second-order valence-electron chi connectivity index (χ2n) is 1.92. The van der Waals surface area contributed by atoms with Gasteiger partial charge in [-0.3, -0.25) is 0 Å². The minimum absolute atomic E-state index is 0. The van der Waals surface area contributed by atoms with Crippen molar-refractivity contribution in [3.05, 3.63) is 21.8 Å². The van der Waals surface area contributed by atoms with Crippen molar-refractivity contribution in [2.75, 3.05) is 5.73 Å². The number of hydrogen-bond donors (Lipinski definition) is 1. The van der Waals surface area contributed by atoms with Gasteiger partial charge in [0.25, 0.3) is 0 Å². The average molecular weight is 248 g/mol. The van der Waals surface area contributed by atoms with Gasteiger partial charge in [-0.15, -0.1) is 24.0 Å². The Morgan fingerprint density at radius 3 is 2.42 bits per heavy atom. The molecule has 0 spiro atoms. The average Bonchev–Trinajstić information content (AvgIpc) is 1.99. The van der Waals surface area contributed by atoms with Crippen molar-refractivity contribution in [2.45, 2.75) is 5.88 Å². The summed E-state index contributed by atoms with van der Waals surface area (Å²) in [6, 6.07) is 0. The third-order valence-electron chi connectivity index (χ3n) is 1.23. The molecule has 0 saturated heterocycles. The van der Waals surface area contributed by atoms with Crippen molar-refractivity contribution >= 4 is 53.0 Å². The molecule has 0 saturated carbocycles. The number of nitrogens with zero attached hydrogens (tertiary/aromatic N) is 1. The molecule has 0 radical (unpaired) electrons. The predicted molar refractivity (Wildman–Crippen MR) is 55.5 cm³/mol. The van der Waals surface area contributed by atoms with Gasteiger partial charge in [0.1, 0.15) is 5.82 Å². The Balaban J connectivity index is 0.00000121. The van der Waals surface area contributed by atoms with Gasteiger partial charge >= 0.3 is 0 Å². The summed E-state index contributed by atoms with van der Waals surface area (Å²) in [5.74, 6) is 0.497. The maximum Gasteiger partial charge on any atom is 0.142 e. The highest BCUT2D eigenvalue weighted by molar-refractivity contribution is 6.38. The van der Waals surface area contributed by atoms with Gasteiger partial charge in [0, 0.05) is 11.8 Å². The maximum absolute atomic E-state index is 5.74. The van der Waals surface area contributed by atoms with Crippen LogP contribution < -0.4 is 5.73 Å². The topological polar surface area (TPSA) is 38.9 Å². The lowest BCUT2D eigenvalue weighted by Crippen LogP contribution is -1.94. The lowest BCUT2D eigenvalue weighted by molar-refractivity contribution is 1.28. The number of rotatable bonds is 1. The van der Waals surface area contributed by atoms with Gasteiger partial charge in [0.2, 0.25) is 0 Å². The molecule has 0 unspecified atom stereocenters. The molecule has 6 heteroatoms. The Morgan fingerprint density at radius 1 is 1.42 bits per heavy atom. The Morgan fingerprint density at radius 2 is 2.00 bits per heavy atom. The lowest BCUT2D eigenvalue weighted by Gasteiger charge is -2.03. The number of pyridine rings is 1. The first kappa shape index (κ1) is 12.1. The molecule has 0 aliphatic rings. The summed E-state index contributed by atoms with van der Waals surface area (Å²) in [5.41, 5.74) is 6.03. The minimum Gasteiger partial charge on any atom is -0.382 e. The zero-order valence-electron chi connectivity index (χ0n) is 5.85. The van der Waals surface area contributed by atoms with Gasteiger partial charge in [0.15, 0.2) is 0 Å². The second-order valence-corrected chi connectivity index (χ2v) is 2.97. The standard InChI is InChI=1S/C6H5Cl3N2.ClH/c7-1-3-4(8)2-11-6(10)5(3)9;/h2H,1H2,(H2,10,11);1H. The van der Waals surface area contributed by atoms with Crippen molar-refractivity contribution in [1.82, 2.24) is 4.98 Å². The van der Waals surface area contributed by atoms with Crippen LogP contribution in [0.15, 0.2) is 6.20 Å². The fraction of sp³-hybridized carbons (Fsp3) is 0.167. The van der Waals surface area contributed by atoms with E-state index in [1.165, 1.54) is 6.20 Å². The lowest BCUT2D eigenvalue weighted by atomic mass is 10.3. The van der Waals surface area contributed by atoms with Gasteiger partial charge in [-0.05, 0) is 0 Å². The highest BCUT2D eigenvalue weighted by Crippen LogP contribution is 2.28. The van der Waals surface area contributed by atoms with Gasteiger partial charge in [-0.2, -0.15) is 0 Å². The first-order chi connectivity index (χ1) is 5.16. The first-order valence-corrected chi connectivity index (χ1v) is 4.10. The van der Waals surface area contributed by atoms with Crippen LogP contribution in [-0.4, -0.2) is 4.98 Å². The SMILES string of the molecule is Cl.Nc1ncc(Cl)c(CCl)c1Cl. The molecule has 12 heavy (non-hydrogen) atoms. The molecule has 0 amide bonds. The van der Waals surface area contributed by atoms with Crippen LogP contribution in [0.5, 0.6) is 0 Å². The second kappa shape index (κ2) is 4.97. The van der Waals surface area contributed by atoms with Crippen molar-refractivity contribution < 1.29 is 0 Å². The Bertz CT molecular complexity index is 276. The van der Waals surface area contributed by atoms with E-state index in [4.69, 9.17) is 40.5 Å². The Labute approximate surface area is 91.4 Å². The predicted octanol–water partition coefficient (Wildman–Crippen LogP) is 3.13. The van der Waals surface area contributed by atoms with Crippen molar-refractivity contribution in [3.8, 4) is 0 Å². The van der Waals surface area contributed by atoms with E-state index >= 15 is 0 Å². The summed E-state index contributed by atoms with van der Waals surface area (Å²) < 4.78 is 0. The molecule has 0 atom stereocenters. The van der Waals surface area contributed by atoms with E-state index in [1.54, 1.807) is 0 Å². The minimum atomic E-state index is 0. The quantitative estimate of drug-likeness (QED) is 0.775. The fourth-order valence-electron chi connectivity index (χ4n) is 0.643. The van der Waals surface area contributed by atoms with Crippen LogP contribution in [0.3, 0.4) is 0 Å². The van der Waals surface area contributed by atoms with Crippen LogP contribution in [0.25, 0.3) is 0 Å². The van der Waals surface area contributed by atoms with Crippen LogP contribution in [-0.2, 0) is 5.88 Å². The summed E-state index contributed by atoms with van der Waals surface area (Å²) >= 11 is 17.0. The molecular weight excluding hydrogens is 242 g/mol. The van der Waals surface area contributed by atoms with Crippen LogP contribution in [0.2, 0.25) is 10.0 Å². The zero-order chi connectivity index (χ0) is 8.43. The van der Waals surface area contributed by atoms with Crippen molar-refractivity contribution in [3.63, 3.8) is 0 Å². The van der Waals surface area contributed by atoms with E-state index < -0.39 is 0 Å². The molecule has 0 fully saturated rings. The maximum atomic E-state index is 5.74. The van der Waals surface area contributed by atoms with E-state index in [2.05, 4.69) is 4.98 Å². The van der Waals surface area contributed by atoms with Crippen molar-refractivity contribution in [2.24, 2.45) is 0 Å². The number of aromatic nitrogens is 1. The summed E-state index contributed by atoms with van der Waals surface area (Å²) in [5, 5.41) is 0.784. The Hall–Kier alpha value is 0.110. The summed E-state index contributed by atoms with van der Waals surface area (Å²) in [7, 11) is 0.